The number of halogens is 2. The number of aryl methyl sites for hydroxylation is 1. The molecule has 0 spiro atoms. The van der Waals surface area contributed by atoms with Crippen molar-refractivity contribution in [3.63, 3.8) is 0 Å². The number of imidazole rings is 1. The van der Waals surface area contributed by atoms with Gasteiger partial charge in [-0.3, -0.25) is 18.6 Å². The Bertz CT molecular complexity index is 1480. The molecule has 0 aliphatic heterocycles. The van der Waals surface area contributed by atoms with Gasteiger partial charge in [0.1, 0.15) is 11.3 Å². The van der Waals surface area contributed by atoms with Crippen molar-refractivity contribution in [3.8, 4) is 0 Å². The van der Waals surface area contributed by atoms with Crippen LogP contribution in [0.2, 0.25) is 0 Å². The topological polar surface area (TPSA) is 82.0 Å². The van der Waals surface area contributed by atoms with Gasteiger partial charge >= 0.3 is 0 Å². The van der Waals surface area contributed by atoms with E-state index in [9.17, 15) is 4.79 Å². The van der Waals surface area contributed by atoms with Crippen LogP contribution in [0.1, 0.15) is 41.5 Å². The van der Waals surface area contributed by atoms with E-state index in [-0.39, 0.29) is 30.7 Å². The second kappa shape index (κ2) is 10.1. The fourth-order valence-electron chi connectivity index (χ4n) is 4.39. The summed E-state index contributed by atoms with van der Waals surface area (Å²) < 4.78 is 5.84. The van der Waals surface area contributed by atoms with Gasteiger partial charge in [-0.05, 0) is 49.4 Å². The highest BCUT2D eigenvalue weighted by atomic mass is 35.5. The Hall–Kier alpha value is -3.36. The summed E-state index contributed by atoms with van der Waals surface area (Å²) in [5.74, 6) is 0.589. The summed E-state index contributed by atoms with van der Waals surface area (Å²) in [5, 5.41) is 13.5. The SMILES string of the molecule is CCc1nn(Cc2cnn(CC3CC3)c2)c2cccc(NC(=O)c3cnc4ccccn34)c12.Cl.Cl. The number of pyridine rings is 1. The zero-order valence-electron chi connectivity index (χ0n) is 19.3. The highest BCUT2D eigenvalue weighted by molar-refractivity contribution is 6.08. The zero-order chi connectivity index (χ0) is 22.4. The molecule has 4 aromatic heterocycles. The molecule has 0 saturated heterocycles. The number of hydrogen-bond acceptors (Lipinski definition) is 4. The third-order valence-corrected chi connectivity index (χ3v) is 6.24. The molecule has 1 aliphatic carbocycles. The second-order valence-corrected chi connectivity index (χ2v) is 8.70. The summed E-state index contributed by atoms with van der Waals surface area (Å²) in [7, 11) is 0. The molecular formula is C25H27Cl2N7O. The summed E-state index contributed by atoms with van der Waals surface area (Å²) in [6.07, 6.45) is 10.9. The van der Waals surface area contributed by atoms with Crippen molar-refractivity contribution in [2.75, 3.05) is 5.32 Å². The van der Waals surface area contributed by atoms with Gasteiger partial charge in [0.25, 0.3) is 5.91 Å². The molecule has 0 atom stereocenters. The normalized spacial score (nSPS) is 12.9. The molecule has 0 unspecified atom stereocenters. The Morgan fingerprint density at radius 1 is 1.11 bits per heavy atom. The zero-order valence-corrected chi connectivity index (χ0v) is 20.9. The lowest BCUT2D eigenvalue weighted by atomic mass is 10.1. The average molecular weight is 512 g/mol. The monoisotopic (exact) mass is 511 g/mol. The van der Waals surface area contributed by atoms with E-state index in [0.29, 0.717) is 12.2 Å². The lowest BCUT2D eigenvalue weighted by Crippen LogP contribution is -2.14. The standard InChI is InChI=1S/C25H25N7O.2ClH/c1-2-19-24-20(28-25(33)22-13-26-23-8-3-4-11-31(22)23)6-5-7-21(24)32(29-19)16-18-12-27-30(15-18)14-17-9-10-17;;/h3-8,11-13,15,17H,2,9-10,14,16H2,1H3,(H,28,33);2*1H. The summed E-state index contributed by atoms with van der Waals surface area (Å²) >= 11 is 0. The van der Waals surface area contributed by atoms with Crippen LogP contribution in [-0.4, -0.2) is 34.9 Å². The number of nitrogens with one attached hydrogen (secondary N) is 1. The minimum absolute atomic E-state index is 0. The Morgan fingerprint density at radius 3 is 2.77 bits per heavy atom. The lowest BCUT2D eigenvalue weighted by molar-refractivity contribution is 0.102. The van der Waals surface area contributed by atoms with Crippen LogP contribution in [0.4, 0.5) is 5.69 Å². The highest BCUT2D eigenvalue weighted by Gasteiger charge is 2.22. The predicted octanol–water partition coefficient (Wildman–Crippen LogP) is 5.00. The van der Waals surface area contributed by atoms with E-state index in [1.165, 1.54) is 12.8 Å². The number of amides is 1. The van der Waals surface area contributed by atoms with Gasteiger partial charge in [-0.1, -0.05) is 19.1 Å². The molecule has 1 fully saturated rings. The van der Waals surface area contributed by atoms with Crippen LogP contribution in [0.3, 0.4) is 0 Å². The van der Waals surface area contributed by atoms with E-state index < -0.39 is 0 Å². The number of anilines is 1. The molecule has 6 rings (SSSR count). The smallest absolute Gasteiger partial charge is 0.274 e. The van der Waals surface area contributed by atoms with Gasteiger partial charge in [-0.25, -0.2) is 4.98 Å². The van der Waals surface area contributed by atoms with E-state index in [1.807, 2.05) is 52.1 Å². The van der Waals surface area contributed by atoms with Crippen molar-refractivity contribution in [1.82, 2.24) is 28.9 Å². The Balaban J connectivity index is 0.00000144. The number of carbonyl (C=O) groups excluding carboxylic acids is 1. The van der Waals surface area contributed by atoms with Gasteiger partial charge in [0, 0.05) is 29.9 Å². The lowest BCUT2D eigenvalue weighted by Gasteiger charge is -2.08. The summed E-state index contributed by atoms with van der Waals surface area (Å²) in [6.45, 7) is 3.73. The summed E-state index contributed by atoms with van der Waals surface area (Å²) in [4.78, 5) is 17.4. The van der Waals surface area contributed by atoms with Gasteiger partial charge in [-0.15, -0.1) is 24.8 Å². The molecule has 4 heterocycles. The molecule has 1 aromatic carbocycles. The maximum absolute atomic E-state index is 13.1. The van der Waals surface area contributed by atoms with Gasteiger partial charge in [0.15, 0.2) is 0 Å². The van der Waals surface area contributed by atoms with Crippen molar-refractivity contribution in [2.45, 2.75) is 39.3 Å². The van der Waals surface area contributed by atoms with Crippen LogP contribution >= 0.6 is 24.8 Å². The molecule has 5 aromatic rings. The molecule has 8 nitrogen and oxygen atoms in total. The molecule has 35 heavy (non-hydrogen) atoms. The first-order valence-electron chi connectivity index (χ1n) is 11.4. The maximum atomic E-state index is 13.1. The quantitative estimate of drug-likeness (QED) is 0.333. The number of rotatable bonds is 7. The van der Waals surface area contributed by atoms with Crippen molar-refractivity contribution < 1.29 is 4.79 Å². The Labute approximate surface area is 215 Å². The molecular weight excluding hydrogens is 485 g/mol. The number of benzene rings is 1. The fourth-order valence-corrected chi connectivity index (χ4v) is 4.39. The number of carbonyl (C=O) groups is 1. The van der Waals surface area contributed by atoms with E-state index >= 15 is 0 Å². The third-order valence-electron chi connectivity index (χ3n) is 6.24. The van der Waals surface area contributed by atoms with E-state index in [0.717, 1.165) is 52.4 Å². The molecule has 0 bridgehead atoms. The third kappa shape index (κ3) is 4.76. The average Bonchev–Trinajstić information content (AvgIpc) is 3.21. The first-order chi connectivity index (χ1) is 16.2. The van der Waals surface area contributed by atoms with Crippen molar-refractivity contribution in [2.24, 2.45) is 5.92 Å². The first-order valence-corrected chi connectivity index (χ1v) is 11.4. The molecule has 1 aliphatic rings. The summed E-state index contributed by atoms with van der Waals surface area (Å²) in [6, 6.07) is 11.6. The molecule has 1 N–H and O–H groups in total. The van der Waals surface area contributed by atoms with Crippen LogP contribution in [0.15, 0.2) is 61.2 Å². The minimum atomic E-state index is -0.197. The molecule has 10 heteroatoms. The van der Waals surface area contributed by atoms with Crippen molar-refractivity contribution in [3.05, 3.63) is 78.1 Å². The highest BCUT2D eigenvalue weighted by Crippen LogP contribution is 2.31. The largest absolute Gasteiger partial charge is 0.320 e. The first kappa shape index (κ1) is 24.8. The number of nitrogens with zero attached hydrogens (tertiary/aromatic N) is 6. The van der Waals surface area contributed by atoms with E-state index in [1.54, 1.807) is 10.6 Å². The van der Waals surface area contributed by atoms with Crippen LogP contribution in [0.5, 0.6) is 0 Å². The second-order valence-electron chi connectivity index (χ2n) is 8.70. The molecule has 0 radical (unpaired) electrons. The Morgan fingerprint density at radius 2 is 1.97 bits per heavy atom. The van der Waals surface area contributed by atoms with Crippen LogP contribution in [0.25, 0.3) is 16.6 Å². The molecule has 1 saturated carbocycles. The molecule has 182 valence electrons. The van der Waals surface area contributed by atoms with Crippen LogP contribution < -0.4 is 5.32 Å². The van der Waals surface area contributed by atoms with Gasteiger partial charge in [0.05, 0.1) is 35.8 Å². The minimum Gasteiger partial charge on any atom is -0.320 e. The van der Waals surface area contributed by atoms with Crippen LogP contribution in [-0.2, 0) is 19.5 Å². The van der Waals surface area contributed by atoms with Gasteiger partial charge < -0.3 is 5.32 Å². The maximum Gasteiger partial charge on any atom is 0.274 e. The molecule has 1 amide bonds. The van der Waals surface area contributed by atoms with Gasteiger partial charge in [-0.2, -0.15) is 10.2 Å². The fraction of sp³-hybridized carbons (Fsp3) is 0.280. The van der Waals surface area contributed by atoms with Crippen LogP contribution in [0, 0.1) is 5.92 Å². The summed E-state index contributed by atoms with van der Waals surface area (Å²) in [5.41, 5.74) is 5.09. The van der Waals surface area contributed by atoms with E-state index in [4.69, 9.17) is 5.10 Å². The van der Waals surface area contributed by atoms with Crippen molar-refractivity contribution in [1.29, 1.82) is 0 Å². The van der Waals surface area contributed by atoms with Gasteiger partial charge in [0.2, 0.25) is 0 Å². The number of hydrogen-bond donors (Lipinski definition) is 1. The Kier molecular flexibility index (Phi) is 7.14. The van der Waals surface area contributed by atoms with E-state index in [2.05, 4.69) is 34.6 Å². The number of aromatic nitrogens is 6. The van der Waals surface area contributed by atoms with Crippen molar-refractivity contribution >= 4 is 53.0 Å². The number of fused-ring (bicyclic) bond motifs is 2. The predicted molar refractivity (Wildman–Crippen MR) is 141 cm³/mol.